The second-order valence-electron chi connectivity index (χ2n) is 4.64. The van der Waals surface area contributed by atoms with Crippen LogP contribution in [0.3, 0.4) is 0 Å². The first-order valence-electron chi connectivity index (χ1n) is 6.26. The third-order valence-electron chi connectivity index (χ3n) is 2.91. The smallest absolute Gasteiger partial charge is 0.416 e. The van der Waals surface area contributed by atoms with E-state index >= 15 is 0 Å². The Labute approximate surface area is 182 Å². The van der Waals surface area contributed by atoms with Gasteiger partial charge in [0.25, 0.3) is 10.0 Å². The van der Waals surface area contributed by atoms with Crippen molar-refractivity contribution in [2.24, 2.45) is 4.40 Å². The molecule has 0 N–H and O–H groups in total. The molecule has 0 aliphatic carbocycles. The zero-order valence-corrected chi connectivity index (χ0v) is 19.1. The van der Waals surface area contributed by atoms with Crippen LogP contribution in [0.25, 0.3) is 0 Å². The maximum absolute atomic E-state index is 12.5. The number of benzene rings is 2. The summed E-state index contributed by atoms with van der Waals surface area (Å²) in [5, 5.41) is 12.2. The first-order valence-corrected chi connectivity index (χ1v) is 10.9. The summed E-state index contributed by atoms with van der Waals surface area (Å²) in [6.45, 7) is 0. The zero-order chi connectivity index (χ0) is 19.0. The Morgan fingerprint density at radius 3 is 2.12 bits per heavy atom. The van der Waals surface area contributed by atoms with Crippen LogP contribution in [0.1, 0.15) is 11.1 Å². The van der Waals surface area contributed by atoms with E-state index in [1.807, 2.05) is 73.8 Å². The highest BCUT2D eigenvalue weighted by Crippen LogP contribution is 2.30. The quantitative estimate of drug-likeness (QED) is 0.210. The number of hydrogen-bond donors (Lipinski definition) is 0. The molecule has 0 saturated carbocycles. The van der Waals surface area contributed by atoms with E-state index in [-0.39, 0.29) is 5.56 Å². The molecule has 0 unspecified atom stereocenters. The molecule has 11 heteroatoms. The highest BCUT2D eigenvalue weighted by molar-refractivity contribution is 14.1. The van der Waals surface area contributed by atoms with Crippen molar-refractivity contribution in [1.82, 2.24) is 0 Å². The molecule has 0 saturated heterocycles. The highest BCUT2D eigenvalue weighted by atomic mass is 127. The molecule has 0 aliphatic heterocycles. The molecule has 0 aromatic heterocycles. The SMILES string of the molecule is O=S(=O)(/N=C(\[O-])c1cc(I)cc(I)c1I)c1ccc(C(F)(F)F)cc1. The summed E-state index contributed by atoms with van der Waals surface area (Å²) < 4.78 is 67.2. The van der Waals surface area contributed by atoms with Crippen molar-refractivity contribution < 1.29 is 26.7 Å². The molecule has 2 aromatic rings. The Morgan fingerprint density at radius 2 is 1.60 bits per heavy atom. The average Bonchev–Trinajstić information content (AvgIpc) is 2.49. The number of hydrogen-bond acceptors (Lipinski definition) is 3. The van der Waals surface area contributed by atoms with Gasteiger partial charge in [0.15, 0.2) is 0 Å². The number of halogens is 6. The van der Waals surface area contributed by atoms with Crippen LogP contribution >= 0.6 is 67.8 Å². The molecule has 25 heavy (non-hydrogen) atoms. The van der Waals surface area contributed by atoms with Gasteiger partial charge in [0, 0.05) is 22.2 Å². The lowest BCUT2D eigenvalue weighted by Crippen LogP contribution is -2.22. The second-order valence-corrected chi connectivity index (χ2v) is 9.73. The molecule has 2 rings (SSSR count). The molecule has 0 fully saturated rings. The van der Waals surface area contributed by atoms with E-state index in [1.54, 1.807) is 0 Å². The van der Waals surface area contributed by atoms with Crippen LogP contribution in [0.15, 0.2) is 45.7 Å². The van der Waals surface area contributed by atoms with E-state index in [9.17, 15) is 26.7 Å². The molecular formula is C14H6F3I3NO3S-. The van der Waals surface area contributed by atoms with Crippen molar-refractivity contribution in [3.63, 3.8) is 0 Å². The Kier molecular flexibility index (Phi) is 6.63. The predicted octanol–water partition coefficient (Wildman–Crippen LogP) is 4.02. The van der Waals surface area contributed by atoms with E-state index in [4.69, 9.17) is 0 Å². The fourth-order valence-corrected chi connectivity index (χ4v) is 5.03. The van der Waals surface area contributed by atoms with Gasteiger partial charge in [-0.25, -0.2) is 0 Å². The van der Waals surface area contributed by atoms with E-state index < -0.39 is 32.6 Å². The van der Waals surface area contributed by atoms with E-state index in [0.717, 1.165) is 19.3 Å². The van der Waals surface area contributed by atoms with Gasteiger partial charge in [-0.15, -0.1) is 0 Å². The Hall–Kier alpha value is -0.160. The topological polar surface area (TPSA) is 69.6 Å². The van der Waals surface area contributed by atoms with Crippen molar-refractivity contribution in [2.75, 3.05) is 0 Å². The summed E-state index contributed by atoms with van der Waals surface area (Å²) in [5.41, 5.74) is -0.869. The molecule has 134 valence electrons. The molecule has 0 amide bonds. The van der Waals surface area contributed by atoms with Gasteiger partial charge in [0.1, 0.15) is 0 Å². The van der Waals surface area contributed by atoms with Gasteiger partial charge >= 0.3 is 6.18 Å². The summed E-state index contributed by atoms with van der Waals surface area (Å²) >= 11 is 5.89. The average molecular weight is 706 g/mol. The molecular weight excluding hydrogens is 700 g/mol. The first kappa shape index (κ1) is 21.1. The van der Waals surface area contributed by atoms with Gasteiger partial charge < -0.3 is 5.11 Å². The van der Waals surface area contributed by atoms with E-state index in [0.29, 0.717) is 15.7 Å². The van der Waals surface area contributed by atoms with Gasteiger partial charge in [-0.05, 0) is 104 Å². The molecule has 0 bridgehead atoms. The lowest BCUT2D eigenvalue weighted by atomic mass is 10.2. The third-order valence-corrected chi connectivity index (χ3v) is 7.85. The lowest BCUT2D eigenvalue weighted by molar-refractivity contribution is -0.212. The second kappa shape index (κ2) is 7.84. The molecule has 0 heterocycles. The number of rotatable bonds is 3. The standard InChI is InChI=1S/C14H7F3I3NO3S/c15-14(16,17)7-1-3-9(4-2-7)25(23,24)21-13(22)10-5-8(18)6-11(19)12(10)20/h1-6H,(H,21,22)/p-1. The zero-order valence-electron chi connectivity index (χ0n) is 11.8. The van der Waals surface area contributed by atoms with Gasteiger partial charge in [-0.1, -0.05) is 0 Å². The van der Waals surface area contributed by atoms with Crippen LogP contribution in [0, 0.1) is 10.7 Å². The van der Waals surface area contributed by atoms with E-state index in [1.165, 1.54) is 6.07 Å². The van der Waals surface area contributed by atoms with Crippen molar-refractivity contribution in [3.05, 3.63) is 58.2 Å². The molecule has 2 aromatic carbocycles. The van der Waals surface area contributed by atoms with Crippen LogP contribution in [0.2, 0.25) is 0 Å². The number of sulfonamides is 1. The molecule has 0 spiro atoms. The largest absolute Gasteiger partial charge is 0.858 e. The van der Waals surface area contributed by atoms with Gasteiger partial charge in [-0.3, -0.25) is 0 Å². The molecule has 0 aliphatic rings. The van der Waals surface area contributed by atoms with Gasteiger partial charge in [-0.2, -0.15) is 26.0 Å². The summed E-state index contributed by atoms with van der Waals surface area (Å²) in [5.74, 6) is -0.972. The summed E-state index contributed by atoms with van der Waals surface area (Å²) in [6.07, 6.45) is -4.58. The van der Waals surface area contributed by atoms with Crippen LogP contribution in [-0.2, 0) is 16.2 Å². The van der Waals surface area contributed by atoms with Gasteiger partial charge in [0.05, 0.1) is 10.5 Å². The Balaban J connectivity index is 2.45. The fraction of sp³-hybridized carbons (Fsp3) is 0.0714. The normalized spacial score (nSPS) is 13.1. The van der Waals surface area contributed by atoms with Crippen LogP contribution in [-0.4, -0.2) is 14.3 Å². The summed E-state index contributed by atoms with van der Waals surface area (Å²) in [6, 6.07) is 6.12. The highest BCUT2D eigenvalue weighted by Gasteiger charge is 2.30. The maximum Gasteiger partial charge on any atom is 0.416 e. The van der Waals surface area contributed by atoms with Crippen LogP contribution in [0.5, 0.6) is 0 Å². The maximum atomic E-state index is 12.5. The predicted molar refractivity (Wildman–Crippen MR) is 110 cm³/mol. The van der Waals surface area contributed by atoms with Crippen LogP contribution in [0.4, 0.5) is 13.2 Å². The van der Waals surface area contributed by atoms with E-state index in [2.05, 4.69) is 4.40 Å². The Morgan fingerprint density at radius 1 is 1.04 bits per heavy atom. The first-order chi connectivity index (χ1) is 11.4. The lowest BCUT2D eigenvalue weighted by Gasteiger charge is -2.14. The molecule has 0 atom stereocenters. The number of alkyl halides is 3. The monoisotopic (exact) mass is 706 g/mol. The minimum Gasteiger partial charge on any atom is -0.858 e. The number of nitrogens with zero attached hydrogens (tertiary/aromatic N) is 1. The van der Waals surface area contributed by atoms with Gasteiger partial charge in [0.2, 0.25) is 0 Å². The summed E-state index contributed by atoms with van der Waals surface area (Å²) in [4.78, 5) is -0.482. The third kappa shape index (κ3) is 5.18. The Bertz CT molecular complexity index is 942. The minimum atomic E-state index is -4.58. The van der Waals surface area contributed by atoms with Crippen molar-refractivity contribution in [2.45, 2.75) is 11.1 Å². The molecule has 0 radical (unpaired) electrons. The minimum absolute atomic E-state index is 0.118. The van der Waals surface area contributed by atoms with Crippen molar-refractivity contribution >= 4 is 83.7 Å². The van der Waals surface area contributed by atoms with Crippen LogP contribution < -0.4 is 5.11 Å². The fourth-order valence-electron chi connectivity index (χ4n) is 1.74. The summed E-state index contributed by atoms with van der Waals surface area (Å²) in [7, 11) is -4.41. The van der Waals surface area contributed by atoms with Crippen molar-refractivity contribution in [1.29, 1.82) is 0 Å². The van der Waals surface area contributed by atoms with Crippen molar-refractivity contribution in [3.8, 4) is 0 Å². The molecule has 4 nitrogen and oxygen atoms in total.